The molecular formula is C18H31ClN2O2Si. The average Bonchev–Trinajstić information content (AvgIpc) is 2.43. The van der Waals surface area contributed by atoms with Crippen molar-refractivity contribution in [2.24, 2.45) is 5.41 Å². The second-order valence-corrected chi connectivity index (χ2v) is 13.7. The highest BCUT2D eigenvalue weighted by Crippen LogP contribution is 2.47. The second kappa shape index (κ2) is 7.71. The van der Waals surface area contributed by atoms with E-state index in [-0.39, 0.29) is 10.3 Å². The molecule has 0 saturated heterocycles. The predicted molar refractivity (Wildman–Crippen MR) is 101 cm³/mol. The molecule has 1 aliphatic carbocycles. The molecule has 0 aliphatic heterocycles. The van der Waals surface area contributed by atoms with E-state index in [2.05, 4.69) is 43.8 Å². The van der Waals surface area contributed by atoms with E-state index in [1.165, 1.54) is 19.3 Å². The Labute approximate surface area is 152 Å². The molecule has 0 radical (unpaired) electrons. The molecule has 0 bridgehead atoms. The maximum absolute atomic E-state index is 6.49. The van der Waals surface area contributed by atoms with Gasteiger partial charge in [-0.3, -0.25) is 0 Å². The van der Waals surface area contributed by atoms with Crippen molar-refractivity contribution in [3.05, 3.63) is 17.5 Å². The number of ether oxygens (including phenoxy) is 1. The Bertz CT molecular complexity index is 542. The summed E-state index contributed by atoms with van der Waals surface area (Å²) < 4.78 is 12.2. The lowest BCUT2D eigenvalue weighted by atomic mass is 9.67. The summed E-state index contributed by atoms with van der Waals surface area (Å²) in [6.07, 6.45) is 7.67. The first-order valence-corrected chi connectivity index (χ1v) is 12.2. The van der Waals surface area contributed by atoms with Gasteiger partial charge in [0.25, 0.3) is 0 Å². The molecule has 0 atom stereocenters. The topological polar surface area (TPSA) is 44.2 Å². The SMILES string of the molecule is CC(C)(C)[Si](C)(C)OCC1(CCCOc2ccnc(Cl)n2)CCC1. The van der Waals surface area contributed by atoms with Crippen LogP contribution in [-0.2, 0) is 4.43 Å². The van der Waals surface area contributed by atoms with Crippen LogP contribution in [-0.4, -0.2) is 31.5 Å². The summed E-state index contributed by atoms with van der Waals surface area (Å²) in [6, 6.07) is 1.74. The van der Waals surface area contributed by atoms with Gasteiger partial charge in [-0.15, -0.1) is 0 Å². The Balaban J connectivity index is 1.77. The minimum Gasteiger partial charge on any atom is -0.478 e. The van der Waals surface area contributed by atoms with Crippen molar-refractivity contribution in [1.29, 1.82) is 0 Å². The molecule has 0 spiro atoms. The molecule has 1 heterocycles. The standard InChI is InChI=1S/C18H31ClN2O2Si/c1-17(2,3)24(4,5)23-14-18(9-6-10-18)11-7-13-22-15-8-12-20-16(19)21-15/h8,12H,6-7,9-11,13-14H2,1-5H3. The minimum atomic E-state index is -1.67. The molecule has 24 heavy (non-hydrogen) atoms. The van der Waals surface area contributed by atoms with E-state index in [1.807, 2.05) is 0 Å². The molecule has 6 heteroatoms. The molecule has 0 aromatic carbocycles. The van der Waals surface area contributed by atoms with Gasteiger partial charge in [0.2, 0.25) is 11.2 Å². The first kappa shape index (κ1) is 19.7. The first-order valence-electron chi connectivity index (χ1n) is 8.89. The maximum atomic E-state index is 6.49. The van der Waals surface area contributed by atoms with E-state index in [1.54, 1.807) is 12.3 Å². The molecule has 1 aromatic heterocycles. The molecule has 4 nitrogen and oxygen atoms in total. The lowest BCUT2D eigenvalue weighted by Gasteiger charge is -2.46. The molecule has 1 aromatic rings. The molecule has 1 fully saturated rings. The number of nitrogens with zero attached hydrogens (tertiary/aromatic N) is 2. The molecular weight excluding hydrogens is 340 g/mol. The third-order valence-corrected chi connectivity index (χ3v) is 10.3. The summed E-state index contributed by atoms with van der Waals surface area (Å²) in [5, 5.41) is 0.499. The number of rotatable bonds is 8. The van der Waals surface area contributed by atoms with E-state index < -0.39 is 8.32 Å². The van der Waals surface area contributed by atoms with Crippen LogP contribution in [0.5, 0.6) is 5.88 Å². The van der Waals surface area contributed by atoms with Gasteiger partial charge in [0, 0.05) is 18.9 Å². The molecule has 1 aliphatic rings. The molecule has 0 N–H and O–H groups in total. The van der Waals surface area contributed by atoms with Crippen LogP contribution < -0.4 is 4.74 Å². The fraction of sp³-hybridized carbons (Fsp3) is 0.778. The van der Waals surface area contributed by atoms with Crippen molar-refractivity contribution in [3.8, 4) is 5.88 Å². The van der Waals surface area contributed by atoms with Crippen LogP contribution in [0.3, 0.4) is 0 Å². The summed E-state index contributed by atoms with van der Waals surface area (Å²) in [7, 11) is -1.67. The summed E-state index contributed by atoms with van der Waals surface area (Å²) >= 11 is 5.77. The molecule has 0 unspecified atom stereocenters. The Morgan fingerprint density at radius 1 is 1.29 bits per heavy atom. The lowest BCUT2D eigenvalue weighted by molar-refractivity contribution is 0.0361. The summed E-state index contributed by atoms with van der Waals surface area (Å²) in [5.74, 6) is 0.551. The molecule has 2 rings (SSSR count). The summed E-state index contributed by atoms with van der Waals surface area (Å²) in [6.45, 7) is 13.1. The number of hydrogen-bond acceptors (Lipinski definition) is 4. The smallest absolute Gasteiger partial charge is 0.225 e. The van der Waals surface area contributed by atoms with Crippen LogP contribution in [0.1, 0.15) is 52.9 Å². The van der Waals surface area contributed by atoms with Gasteiger partial charge >= 0.3 is 0 Å². The first-order chi connectivity index (χ1) is 11.1. The van der Waals surface area contributed by atoms with Gasteiger partial charge in [-0.2, -0.15) is 4.98 Å². The van der Waals surface area contributed by atoms with Crippen molar-refractivity contribution in [2.45, 2.75) is 71.0 Å². The van der Waals surface area contributed by atoms with Gasteiger partial charge in [-0.1, -0.05) is 27.2 Å². The fourth-order valence-corrected chi connectivity index (χ4v) is 3.96. The van der Waals surface area contributed by atoms with Crippen molar-refractivity contribution < 1.29 is 9.16 Å². The van der Waals surface area contributed by atoms with E-state index in [4.69, 9.17) is 20.8 Å². The number of hydrogen-bond donors (Lipinski definition) is 0. The van der Waals surface area contributed by atoms with Crippen LogP contribution in [0.4, 0.5) is 0 Å². The van der Waals surface area contributed by atoms with E-state index in [9.17, 15) is 0 Å². The van der Waals surface area contributed by atoms with Crippen LogP contribution in [0, 0.1) is 5.41 Å². The molecule has 136 valence electrons. The molecule has 0 amide bonds. The average molecular weight is 371 g/mol. The van der Waals surface area contributed by atoms with Crippen molar-refractivity contribution in [1.82, 2.24) is 9.97 Å². The summed E-state index contributed by atoms with van der Waals surface area (Å²) in [4.78, 5) is 7.91. The van der Waals surface area contributed by atoms with Crippen LogP contribution in [0.15, 0.2) is 12.3 Å². The van der Waals surface area contributed by atoms with Gasteiger partial charge in [0.1, 0.15) is 0 Å². The zero-order valence-corrected chi connectivity index (χ0v) is 17.4. The highest BCUT2D eigenvalue weighted by molar-refractivity contribution is 6.74. The van der Waals surface area contributed by atoms with Gasteiger partial charge in [0.15, 0.2) is 8.32 Å². The largest absolute Gasteiger partial charge is 0.478 e. The van der Waals surface area contributed by atoms with Crippen LogP contribution >= 0.6 is 11.6 Å². The lowest BCUT2D eigenvalue weighted by Crippen LogP contribution is -2.45. The van der Waals surface area contributed by atoms with Gasteiger partial charge in [0.05, 0.1) is 6.61 Å². The third kappa shape index (κ3) is 5.17. The zero-order chi connectivity index (χ0) is 17.8. The Morgan fingerprint density at radius 3 is 2.54 bits per heavy atom. The fourth-order valence-electron chi connectivity index (χ4n) is 2.72. The monoisotopic (exact) mass is 370 g/mol. The number of aromatic nitrogens is 2. The minimum absolute atomic E-state index is 0.228. The number of halogens is 1. The Morgan fingerprint density at radius 2 is 2.00 bits per heavy atom. The quantitative estimate of drug-likeness (QED) is 0.345. The van der Waals surface area contributed by atoms with Gasteiger partial charge in [-0.05, 0) is 60.8 Å². The Kier molecular flexibility index (Phi) is 6.32. The van der Waals surface area contributed by atoms with E-state index in [0.717, 1.165) is 19.4 Å². The normalized spacial score (nSPS) is 17.4. The predicted octanol–water partition coefficient (Wildman–Crippen LogP) is 5.48. The van der Waals surface area contributed by atoms with E-state index in [0.29, 0.717) is 17.9 Å². The van der Waals surface area contributed by atoms with E-state index >= 15 is 0 Å². The van der Waals surface area contributed by atoms with Crippen molar-refractivity contribution in [2.75, 3.05) is 13.2 Å². The van der Waals surface area contributed by atoms with Crippen LogP contribution in [0.25, 0.3) is 0 Å². The van der Waals surface area contributed by atoms with Crippen molar-refractivity contribution >= 4 is 19.9 Å². The highest BCUT2D eigenvalue weighted by Gasteiger charge is 2.42. The zero-order valence-electron chi connectivity index (χ0n) is 15.7. The van der Waals surface area contributed by atoms with Crippen molar-refractivity contribution in [3.63, 3.8) is 0 Å². The van der Waals surface area contributed by atoms with Gasteiger partial charge in [-0.25, -0.2) is 4.98 Å². The maximum Gasteiger partial charge on any atom is 0.225 e. The Hall–Kier alpha value is -0.653. The second-order valence-electron chi connectivity index (χ2n) is 8.52. The third-order valence-electron chi connectivity index (χ3n) is 5.66. The van der Waals surface area contributed by atoms with Crippen LogP contribution in [0.2, 0.25) is 23.4 Å². The molecule has 1 saturated carbocycles. The summed E-state index contributed by atoms with van der Waals surface area (Å²) in [5.41, 5.74) is 0.363. The highest BCUT2D eigenvalue weighted by atomic mass is 35.5. The van der Waals surface area contributed by atoms with Gasteiger partial charge < -0.3 is 9.16 Å².